The van der Waals surface area contributed by atoms with Crippen LogP contribution in [0.3, 0.4) is 0 Å². The van der Waals surface area contributed by atoms with E-state index in [1.165, 1.54) is 4.57 Å². The number of imidazole rings is 1. The Hall–Kier alpha value is -3.75. The largest absolute Gasteiger partial charge is 0.486 e. The third kappa shape index (κ3) is 4.15. The van der Waals surface area contributed by atoms with Crippen LogP contribution in [0.2, 0.25) is 0 Å². The molecule has 1 amide bonds. The molecule has 1 atom stereocenters. The molecular formula is C26H29N3O6. The van der Waals surface area contributed by atoms with Crippen molar-refractivity contribution in [2.75, 3.05) is 26.4 Å². The van der Waals surface area contributed by atoms with Gasteiger partial charge in [0.15, 0.2) is 11.5 Å². The minimum absolute atomic E-state index is 0.0938. The van der Waals surface area contributed by atoms with Gasteiger partial charge in [0.05, 0.1) is 29.2 Å². The normalized spacial score (nSPS) is 17.1. The van der Waals surface area contributed by atoms with Crippen LogP contribution in [-0.4, -0.2) is 52.3 Å². The second-order valence-corrected chi connectivity index (χ2v) is 8.69. The number of aromatic nitrogens is 2. The van der Waals surface area contributed by atoms with E-state index in [4.69, 9.17) is 14.2 Å². The first kappa shape index (κ1) is 23.0. The Morgan fingerprint density at radius 1 is 1.00 bits per heavy atom. The molecule has 0 aliphatic carbocycles. The first-order valence-corrected chi connectivity index (χ1v) is 12.1. The van der Waals surface area contributed by atoms with Crippen molar-refractivity contribution in [2.45, 2.75) is 45.8 Å². The molecule has 2 aliphatic heterocycles. The van der Waals surface area contributed by atoms with E-state index in [-0.39, 0.29) is 30.8 Å². The summed E-state index contributed by atoms with van der Waals surface area (Å²) in [4.78, 5) is 40.8. The Morgan fingerprint density at radius 3 is 2.57 bits per heavy atom. The van der Waals surface area contributed by atoms with Gasteiger partial charge in [0.25, 0.3) is 0 Å². The van der Waals surface area contributed by atoms with E-state index in [0.717, 1.165) is 18.4 Å². The lowest BCUT2D eigenvalue weighted by atomic mass is 10.0. The Bertz CT molecular complexity index is 1340. The fourth-order valence-corrected chi connectivity index (χ4v) is 5.02. The van der Waals surface area contributed by atoms with Gasteiger partial charge in [-0.3, -0.25) is 13.9 Å². The van der Waals surface area contributed by atoms with Gasteiger partial charge < -0.3 is 19.1 Å². The fraction of sp³-hybridized carbons (Fsp3) is 0.423. The zero-order valence-corrected chi connectivity index (χ0v) is 20.0. The zero-order chi connectivity index (χ0) is 24.5. The van der Waals surface area contributed by atoms with Crippen LogP contribution in [0.25, 0.3) is 11.0 Å². The Morgan fingerprint density at radius 2 is 1.80 bits per heavy atom. The molecule has 2 aliphatic rings. The van der Waals surface area contributed by atoms with E-state index in [1.54, 1.807) is 29.7 Å². The fourth-order valence-electron chi connectivity index (χ4n) is 5.02. The van der Waals surface area contributed by atoms with Gasteiger partial charge in [-0.15, -0.1) is 0 Å². The standard InChI is InChI=1S/C26H29N3O6/c1-3-27-20-9-7-18(25(31)33-4-2)14-21(20)29(26(27)32)16-24(30)28-11-5-6-19(28)17-8-10-22-23(15-17)35-13-12-34-22/h7-10,14-15,19H,3-6,11-13,16H2,1-2H3. The highest BCUT2D eigenvalue weighted by atomic mass is 16.6. The third-order valence-electron chi connectivity index (χ3n) is 6.66. The van der Waals surface area contributed by atoms with Crippen LogP contribution in [0.4, 0.5) is 0 Å². The lowest BCUT2D eigenvalue weighted by Gasteiger charge is -2.27. The highest BCUT2D eigenvalue weighted by molar-refractivity contribution is 5.94. The van der Waals surface area contributed by atoms with Crippen molar-refractivity contribution in [1.29, 1.82) is 0 Å². The summed E-state index contributed by atoms with van der Waals surface area (Å²) in [7, 11) is 0. The number of rotatable bonds is 6. The highest BCUT2D eigenvalue weighted by Gasteiger charge is 2.31. The molecule has 1 unspecified atom stereocenters. The summed E-state index contributed by atoms with van der Waals surface area (Å²) < 4.78 is 19.5. The van der Waals surface area contributed by atoms with Gasteiger partial charge in [0.2, 0.25) is 5.91 Å². The quantitative estimate of drug-likeness (QED) is 0.505. The van der Waals surface area contributed by atoms with Gasteiger partial charge in [0, 0.05) is 13.1 Å². The van der Waals surface area contributed by atoms with E-state index >= 15 is 0 Å². The van der Waals surface area contributed by atoms with E-state index in [0.29, 0.717) is 54.4 Å². The molecule has 3 aromatic rings. The summed E-state index contributed by atoms with van der Waals surface area (Å²) in [5, 5.41) is 0. The van der Waals surface area contributed by atoms with E-state index < -0.39 is 5.97 Å². The van der Waals surface area contributed by atoms with E-state index in [2.05, 4.69) is 0 Å². The van der Waals surface area contributed by atoms with Crippen LogP contribution in [-0.2, 0) is 22.6 Å². The SMILES string of the molecule is CCOC(=O)c1ccc2c(c1)n(CC(=O)N1CCCC1c1ccc3c(c1)OCCO3)c(=O)n2CC. The van der Waals surface area contributed by atoms with Crippen molar-refractivity contribution in [3.8, 4) is 11.5 Å². The minimum atomic E-state index is -0.456. The number of carbonyl (C=O) groups is 2. The van der Waals surface area contributed by atoms with Crippen LogP contribution in [0.15, 0.2) is 41.2 Å². The van der Waals surface area contributed by atoms with Crippen LogP contribution in [0.5, 0.6) is 11.5 Å². The molecule has 0 saturated carbocycles. The van der Waals surface area contributed by atoms with Gasteiger partial charge in [-0.1, -0.05) is 6.07 Å². The molecule has 0 N–H and O–H groups in total. The average Bonchev–Trinajstić information content (AvgIpc) is 3.47. The monoisotopic (exact) mass is 479 g/mol. The van der Waals surface area contributed by atoms with Gasteiger partial charge in [0.1, 0.15) is 19.8 Å². The highest BCUT2D eigenvalue weighted by Crippen LogP contribution is 2.38. The Balaban J connectivity index is 1.45. The van der Waals surface area contributed by atoms with E-state index in [1.807, 2.05) is 30.0 Å². The molecule has 0 spiro atoms. The van der Waals surface area contributed by atoms with Gasteiger partial charge in [-0.2, -0.15) is 0 Å². The number of hydrogen-bond acceptors (Lipinski definition) is 6. The molecule has 5 rings (SSSR count). The third-order valence-corrected chi connectivity index (χ3v) is 6.66. The maximum absolute atomic E-state index is 13.5. The lowest BCUT2D eigenvalue weighted by Crippen LogP contribution is -2.36. The minimum Gasteiger partial charge on any atom is -0.486 e. The Kier molecular flexibility index (Phi) is 6.23. The summed E-state index contributed by atoms with van der Waals surface area (Å²) in [6.45, 7) is 5.88. The van der Waals surface area contributed by atoms with Crippen LogP contribution in [0, 0.1) is 0 Å². The van der Waals surface area contributed by atoms with Crippen molar-refractivity contribution in [1.82, 2.24) is 14.0 Å². The first-order chi connectivity index (χ1) is 17.0. The number of esters is 1. The van der Waals surface area contributed by atoms with Crippen molar-refractivity contribution in [3.63, 3.8) is 0 Å². The molecule has 9 heteroatoms. The molecular weight excluding hydrogens is 450 g/mol. The second kappa shape index (κ2) is 9.48. The molecule has 1 aromatic heterocycles. The Labute approximate surface area is 202 Å². The van der Waals surface area contributed by atoms with Crippen LogP contribution >= 0.6 is 0 Å². The van der Waals surface area contributed by atoms with Crippen molar-refractivity contribution in [3.05, 3.63) is 58.0 Å². The second-order valence-electron chi connectivity index (χ2n) is 8.69. The summed E-state index contributed by atoms with van der Waals surface area (Å²) in [5.41, 5.74) is 2.30. The van der Waals surface area contributed by atoms with Gasteiger partial charge >= 0.3 is 11.7 Å². The molecule has 9 nitrogen and oxygen atoms in total. The average molecular weight is 480 g/mol. The van der Waals surface area contributed by atoms with Crippen molar-refractivity contribution < 1.29 is 23.8 Å². The number of benzene rings is 2. The summed E-state index contributed by atoms with van der Waals surface area (Å²) >= 11 is 0. The van der Waals surface area contributed by atoms with E-state index in [9.17, 15) is 14.4 Å². The van der Waals surface area contributed by atoms with Crippen molar-refractivity contribution >= 4 is 22.9 Å². The molecule has 3 heterocycles. The number of amides is 1. The predicted molar refractivity (Wildman–Crippen MR) is 129 cm³/mol. The summed E-state index contributed by atoms with van der Waals surface area (Å²) in [6.07, 6.45) is 1.72. The number of likely N-dealkylation sites (tertiary alicyclic amines) is 1. The maximum Gasteiger partial charge on any atom is 0.338 e. The van der Waals surface area contributed by atoms with Gasteiger partial charge in [-0.05, 0) is 62.6 Å². The first-order valence-electron chi connectivity index (χ1n) is 12.1. The van der Waals surface area contributed by atoms with Gasteiger partial charge in [-0.25, -0.2) is 9.59 Å². The van der Waals surface area contributed by atoms with Crippen LogP contribution in [0.1, 0.15) is 48.7 Å². The number of hydrogen-bond donors (Lipinski definition) is 0. The molecule has 184 valence electrons. The molecule has 0 bridgehead atoms. The van der Waals surface area contributed by atoms with Crippen molar-refractivity contribution in [2.24, 2.45) is 0 Å². The number of ether oxygens (including phenoxy) is 3. The zero-order valence-electron chi connectivity index (χ0n) is 20.0. The number of nitrogens with zero attached hydrogens (tertiary/aromatic N) is 3. The smallest absolute Gasteiger partial charge is 0.338 e. The molecule has 35 heavy (non-hydrogen) atoms. The number of aryl methyl sites for hydroxylation is 1. The molecule has 1 saturated heterocycles. The molecule has 0 radical (unpaired) electrons. The number of fused-ring (bicyclic) bond motifs is 2. The molecule has 2 aromatic carbocycles. The topological polar surface area (TPSA) is 92.0 Å². The maximum atomic E-state index is 13.5. The lowest BCUT2D eigenvalue weighted by molar-refractivity contribution is -0.132. The van der Waals surface area contributed by atoms with Crippen LogP contribution < -0.4 is 15.2 Å². The number of carbonyl (C=O) groups excluding carboxylic acids is 2. The summed E-state index contributed by atoms with van der Waals surface area (Å²) in [6, 6.07) is 10.7. The predicted octanol–water partition coefficient (Wildman–Crippen LogP) is 3.13. The molecule has 1 fully saturated rings. The summed E-state index contributed by atoms with van der Waals surface area (Å²) in [5.74, 6) is 0.817.